The van der Waals surface area contributed by atoms with E-state index in [9.17, 15) is 0 Å². The van der Waals surface area contributed by atoms with Crippen LogP contribution in [0.25, 0.3) is 16.5 Å². The molecule has 0 heterocycles. The molecule has 78 valence electrons. The summed E-state index contributed by atoms with van der Waals surface area (Å²) in [6.07, 6.45) is 4.91. The van der Waals surface area contributed by atoms with Gasteiger partial charge in [-0.1, -0.05) is 35.5 Å². The molecular formula is C12H15N3. The summed E-state index contributed by atoms with van der Waals surface area (Å²) < 4.78 is 0. The fourth-order valence-corrected chi connectivity index (χ4v) is 1.34. The molecule has 1 aromatic carbocycles. The quantitative estimate of drug-likeness (QED) is 0.306. The van der Waals surface area contributed by atoms with E-state index in [-0.39, 0.29) is 0 Å². The first-order chi connectivity index (χ1) is 7.25. The highest BCUT2D eigenvalue weighted by atomic mass is 15.1. The number of nitrogens with zero attached hydrogens (tertiary/aromatic N) is 3. The van der Waals surface area contributed by atoms with Gasteiger partial charge < -0.3 is 0 Å². The predicted octanol–water partition coefficient (Wildman–Crippen LogP) is 4.02. The third kappa shape index (κ3) is 3.49. The molecule has 0 aliphatic carbocycles. The first-order valence-corrected chi connectivity index (χ1v) is 4.99. The Balaban J connectivity index is 2.64. The van der Waals surface area contributed by atoms with Gasteiger partial charge in [-0.05, 0) is 42.5 Å². The summed E-state index contributed by atoms with van der Waals surface area (Å²) >= 11 is 0. The molecular weight excluding hydrogens is 186 g/mol. The molecule has 0 N–H and O–H groups in total. The van der Waals surface area contributed by atoms with Crippen molar-refractivity contribution >= 4 is 6.08 Å². The summed E-state index contributed by atoms with van der Waals surface area (Å²) in [7, 11) is 0. The van der Waals surface area contributed by atoms with Crippen molar-refractivity contribution in [3.63, 3.8) is 0 Å². The van der Waals surface area contributed by atoms with Gasteiger partial charge in [0, 0.05) is 11.5 Å². The van der Waals surface area contributed by atoms with E-state index in [0.717, 1.165) is 6.42 Å². The maximum absolute atomic E-state index is 8.10. The number of benzene rings is 1. The molecule has 1 aromatic rings. The Bertz CT molecular complexity index is 401. The lowest BCUT2D eigenvalue weighted by molar-refractivity contribution is 0.995. The molecule has 3 heteroatoms. The van der Waals surface area contributed by atoms with E-state index in [1.807, 2.05) is 6.08 Å². The van der Waals surface area contributed by atoms with Gasteiger partial charge >= 0.3 is 0 Å². The van der Waals surface area contributed by atoms with Crippen molar-refractivity contribution in [2.24, 2.45) is 5.11 Å². The zero-order chi connectivity index (χ0) is 11.1. The second kappa shape index (κ2) is 5.89. The van der Waals surface area contributed by atoms with Crippen LogP contribution in [0.5, 0.6) is 0 Å². The van der Waals surface area contributed by atoms with Gasteiger partial charge in [0.25, 0.3) is 0 Å². The zero-order valence-corrected chi connectivity index (χ0v) is 9.14. The SMILES string of the molecule is Cc1cccc(C=CCCN=[N+]=[N-])c1C. The average molecular weight is 201 g/mol. The second-order valence-electron chi connectivity index (χ2n) is 3.43. The molecule has 0 spiro atoms. The third-order valence-electron chi connectivity index (χ3n) is 2.40. The second-order valence-corrected chi connectivity index (χ2v) is 3.43. The van der Waals surface area contributed by atoms with Crippen LogP contribution in [-0.4, -0.2) is 6.54 Å². The van der Waals surface area contributed by atoms with Crippen LogP contribution in [0.4, 0.5) is 0 Å². The minimum atomic E-state index is 0.526. The van der Waals surface area contributed by atoms with E-state index in [0.29, 0.717) is 6.54 Å². The van der Waals surface area contributed by atoms with Gasteiger partial charge in [-0.2, -0.15) is 0 Å². The van der Waals surface area contributed by atoms with Gasteiger partial charge in [0.05, 0.1) is 0 Å². The Hall–Kier alpha value is -1.73. The molecule has 0 unspecified atom stereocenters. The standard InChI is InChI=1S/C12H15N3/c1-10-6-5-8-12(11(10)2)7-3-4-9-14-15-13/h3,5-8H,4,9H2,1-2H3. The van der Waals surface area contributed by atoms with Crippen molar-refractivity contribution in [3.8, 4) is 0 Å². The van der Waals surface area contributed by atoms with Gasteiger partial charge in [-0.3, -0.25) is 0 Å². The van der Waals surface area contributed by atoms with Crippen molar-refractivity contribution in [3.05, 3.63) is 51.4 Å². The van der Waals surface area contributed by atoms with Crippen LogP contribution in [0.3, 0.4) is 0 Å². The molecule has 0 aliphatic heterocycles. The largest absolute Gasteiger partial charge is 0.0937 e. The fourth-order valence-electron chi connectivity index (χ4n) is 1.34. The van der Waals surface area contributed by atoms with Crippen LogP contribution in [0.1, 0.15) is 23.1 Å². The molecule has 15 heavy (non-hydrogen) atoms. The van der Waals surface area contributed by atoms with E-state index >= 15 is 0 Å². The highest BCUT2D eigenvalue weighted by molar-refractivity contribution is 5.55. The topological polar surface area (TPSA) is 48.8 Å². The lowest BCUT2D eigenvalue weighted by atomic mass is 10.0. The van der Waals surface area contributed by atoms with E-state index in [1.165, 1.54) is 16.7 Å². The summed E-state index contributed by atoms with van der Waals surface area (Å²) in [5, 5.41) is 3.47. The van der Waals surface area contributed by atoms with Crippen LogP contribution >= 0.6 is 0 Å². The number of hydrogen-bond acceptors (Lipinski definition) is 1. The van der Waals surface area contributed by atoms with Crippen LogP contribution < -0.4 is 0 Å². The van der Waals surface area contributed by atoms with Crippen LogP contribution in [0.2, 0.25) is 0 Å². The molecule has 0 aliphatic rings. The Morgan fingerprint density at radius 2 is 2.20 bits per heavy atom. The van der Waals surface area contributed by atoms with E-state index in [2.05, 4.69) is 48.1 Å². The lowest BCUT2D eigenvalue weighted by Gasteiger charge is -2.03. The van der Waals surface area contributed by atoms with Gasteiger partial charge in [-0.25, -0.2) is 0 Å². The van der Waals surface area contributed by atoms with E-state index in [1.54, 1.807) is 0 Å². The molecule has 0 radical (unpaired) electrons. The van der Waals surface area contributed by atoms with Crippen molar-refractivity contribution in [2.75, 3.05) is 6.54 Å². The van der Waals surface area contributed by atoms with E-state index < -0.39 is 0 Å². The molecule has 3 nitrogen and oxygen atoms in total. The number of aryl methyl sites for hydroxylation is 1. The third-order valence-corrected chi connectivity index (χ3v) is 2.40. The maximum atomic E-state index is 8.10. The smallest absolute Gasteiger partial charge is 0.0292 e. The average Bonchev–Trinajstić information content (AvgIpc) is 2.24. The Kier molecular flexibility index (Phi) is 4.45. The molecule has 0 aromatic heterocycles. The molecule has 0 bridgehead atoms. The summed E-state index contributed by atoms with van der Waals surface area (Å²) in [6, 6.07) is 6.24. The fraction of sp³-hybridized carbons (Fsp3) is 0.333. The summed E-state index contributed by atoms with van der Waals surface area (Å²) in [5.41, 5.74) is 11.9. The molecule has 0 saturated carbocycles. The maximum Gasteiger partial charge on any atom is 0.0292 e. The summed E-state index contributed by atoms with van der Waals surface area (Å²) in [6.45, 7) is 4.74. The van der Waals surface area contributed by atoms with E-state index in [4.69, 9.17) is 5.53 Å². The zero-order valence-electron chi connectivity index (χ0n) is 9.14. The van der Waals surface area contributed by atoms with Crippen LogP contribution in [0, 0.1) is 13.8 Å². The molecule has 0 fully saturated rings. The van der Waals surface area contributed by atoms with Crippen molar-refractivity contribution in [1.29, 1.82) is 0 Å². The molecule has 0 amide bonds. The highest BCUT2D eigenvalue weighted by Gasteiger charge is 1.95. The number of hydrogen-bond donors (Lipinski definition) is 0. The Labute approximate surface area is 90.1 Å². The normalized spacial score (nSPS) is 10.3. The summed E-state index contributed by atoms with van der Waals surface area (Å²) in [4.78, 5) is 2.70. The molecule has 0 saturated heterocycles. The lowest BCUT2D eigenvalue weighted by Crippen LogP contribution is -1.84. The number of rotatable bonds is 4. The van der Waals surface area contributed by atoms with Crippen LogP contribution in [0.15, 0.2) is 29.4 Å². The molecule has 1 rings (SSSR count). The van der Waals surface area contributed by atoms with Gasteiger partial charge in [0.15, 0.2) is 0 Å². The van der Waals surface area contributed by atoms with Crippen molar-refractivity contribution < 1.29 is 0 Å². The number of azide groups is 1. The van der Waals surface area contributed by atoms with Crippen molar-refractivity contribution in [2.45, 2.75) is 20.3 Å². The van der Waals surface area contributed by atoms with Gasteiger partial charge in [0.2, 0.25) is 0 Å². The predicted molar refractivity (Wildman–Crippen MR) is 63.6 cm³/mol. The highest BCUT2D eigenvalue weighted by Crippen LogP contribution is 2.14. The minimum Gasteiger partial charge on any atom is -0.0937 e. The Morgan fingerprint density at radius 1 is 1.40 bits per heavy atom. The minimum absolute atomic E-state index is 0.526. The van der Waals surface area contributed by atoms with Gasteiger partial charge in [-0.15, -0.1) is 0 Å². The monoisotopic (exact) mass is 201 g/mol. The molecule has 0 atom stereocenters. The van der Waals surface area contributed by atoms with Crippen LogP contribution in [-0.2, 0) is 0 Å². The summed E-state index contributed by atoms with van der Waals surface area (Å²) in [5.74, 6) is 0. The first-order valence-electron chi connectivity index (χ1n) is 4.99. The van der Waals surface area contributed by atoms with Gasteiger partial charge in [0.1, 0.15) is 0 Å². The first kappa shape index (κ1) is 11.3. The van der Waals surface area contributed by atoms with Crippen molar-refractivity contribution in [1.82, 2.24) is 0 Å². The Morgan fingerprint density at radius 3 is 2.93 bits per heavy atom.